The fourth-order valence-electron chi connectivity index (χ4n) is 1.07. The number of rotatable bonds is 3. The number of ketones is 1. The molecule has 0 amide bonds. The predicted molar refractivity (Wildman–Crippen MR) is 68.0 cm³/mol. The zero-order valence-corrected chi connectivity index (χ0v) is 11.7. The van der Waals surface area contributed by atoms with Crippen LogP contribution in [0.5, 0.6) is 5.75 Å². The number of Topliss-reactive ketones (excluding diaryl/α,β-unsaturated/α-hetero) is 1. The van der Waals surface area contributed by atoms with Crippen LogP contribution in [0.25, 0.3) is 0 Å². The Hall–Kier alpha value is -0.100. The molecule has 14 heavy (non-hydrogen) atoms. The Morgan fingerprint density at radius 2 is 2.21 bits per heavy atom. The molecule has 0 bridgehead atoms. The number of halogens is 2. The summed E-state index contributed by atoms with van der Waals surface area (Å²) in [5.41, 5.74) is 0.667. The molecule has 0 unspecified atom stereocenters. The minimum atomic E-state index is 0.0383. The van der Waals surface area contributed by atoms with E-state index in [0.717, 1.165) is 13.8 Å². The number of carbonyl (C=O) groups is 1. The van der Waals surface area contributed by atoms with Crippen molar-refractivity contribution < 1.29 is 9.53 Å². The van der Waals surface area contributed by atoms with E-state index in [1.807, 2.05) is 13.0 Å². The summed E-state index contributed by atoms with van der Waals surface area (Å²) < 4.78 is 7.18. The van der Waals surface area contributed by atoms with Gasteiger partial charge in [-0.05, 0) is 64.5 Å². The third-order valence-corrected chi connectivity index (χ3v) is 4.14. The van der Waals surface area contributed by atoms with E-state index in [1.54, 1.807) is 13.0 Å². The average molecular weight is 369 g/mol. The molecule has 1 rings (SSSR count). The zero-order valence-electron chi connectivity index (χ0n) is 7.93. The van der Waals surface area contributed by atoms with Gasteiger partial charge in [-0.1, -0.05) is 0 Å². The molecule has 76 valence electrons. The molecular formula is C10H10BrIO2. The smallest absolute Gasteiger partial charge is 0.161 e. The summed E-state index contributed by atoms with van der Waals surface area (Å²) in [7, 11) is 0. The Balaban J connectivity index is 3.21. The number of benzene rings is 1. The molecule has 0 saturated heterocycles. The lowest BCUT2D eigenvalue weighted by Crippen LogP contribution is -1.99. The monoisotopic (exact) mass is 368 g/mol. The molecule has 0 radical (unpaired) electrons. The molecule has 0 aliphatic rings. The molecule has 0 fully saturated rings. The van der Waals surface area contributed by atoms with Crippen molar-refractivity contribution in [1.82, 2.24) is 0 Å². The maximum atomic E-state index is 11.3. The van der Waals surface area contributed by atoms with Crippen molar-refractivity contribution in [1.29, 1.82) is 0 Å². The van der Waals surface area contributed by atoms with Gasteiger partial charge in [-0.25, -0.2) is 0 Å². The maximum absolute atomic E-state index is 11.3. The molecular weight excluding hydrogens is 359 g/mol. The summed E-state index contributed by atoms with van der Waals surface area (Å²) in [6.07, 6.45) is 0. The van der Waals surface area contributed by atoms with Gasteiger partial charge < -0.3 is 4.74 Å². The van der Waals surface area contributed by atoms with Crippen molar-refractivity contribution in [2.45, 2.75) is 13.8 Å². The van der Waals surface area contributed by atoms with Crippen LogP contribution in [0.3, 0.4) is 0 Å². The first-order chi connectivity index (χ1) is 6.56. The Labute approximate surface area is 105 Å². The highest BCUT2D eigenvalue weighted by Gasteiger charge is 2.10. The van der Waals surface area contributed by atoms with Crippen molar-refractivity contribution >= 4 is 44.3 Å². The normalized spacial score (nSPS) is 10.0. The van der Waals surface area contributed by atoms with Crippen molar-refractivity contribution in [2.75, 3.05) is 6.61 Å². The molecule has 0 N–H and O–H groups in total. The van der Waals surface area contributed by atoms with E-state index in [0.29, 0.717) is 12.2 Å². The first-order valence-corrected chi connectivity index (χ1v) is 6.06. The standard InChI is InChI=1S/C10H10BrIO2/c1-3-14-7-4-8(6(2)13)10(11)9(12)5-7/h4-5H,3H2,1-2H3. The van der Waals surface area contributed by atoms with Crippen LogP contribution in [0.4, 0.5) is 0 Å². The van der Waals surface area contributed by atoms with Crippen molar-refractivity contribution in [3.8, 4) is 5.75 Å². The summed E-state index contributed by atoms with van der Waals surface area (Å²) in [5.74, 6) is 0.779. The van der Waals surface area contributed by atoms with Gasteiger partial charge in [0.1, 0.15) is 5.75 Å². The summed E-state index contributed by atoms with van der Waals surface area (Å²) in [4.78, 5) is 11.3. The van der Waals surface area contributed by atoms with Gasteiger partial charge in [0.15, 0.2) is 5.78 Å². The number of hydrogen-bond acceptors (Lipinski definition) is 2. The molecule has 0 aliphatic carbocycles. The highest BCUT2D eigenvalue weighted by Crippen LogP contribution is 2.29. The van der Waals surface area contributed by atoms with E-state index >= 15 is 0 Å². The van der Waals surface area contributed by atoms with Crippen LogP contribution in [-0.2, 0) is 0 Å². The van der Waals surface area contributed by atoms with E-state index in [-0.39, 0.29) is 5.78 Å². The summed E-state index contributed by atoms with van der Waals surface area (Å²) >= 11 is 5.55. The second kappa shape index (κ2) is 5.11. The van der Waals surface area contributed by atoms with Crippen LogP contribution in [0.15, 0.2) is 16.6 Å². The van der Waals surface area contributed by atoms with Gasteiger partial charge in [-0.2, -0.15) is 0 Å². The summed E-state index contributed by atoms with van der Waals surface area (Å²) in [5, 5.41) is 0. The first-order valence-electron chi connectivity index (χ1n) is 4.19. The first kappa shape index (κ1) is 12.0. The van der Waals surface area contributed by atoms with Crippen LogP contribution in [0.2, 0.25) is 0 Å². The number of ether oxygens (including phenoxy) is 1. The highest BCUT2D eigenvalue weighted by molar-refractivity contribution is 14.1. The predicted octanol–water partition coefficient (Wildman–Crippen LogP) is 3.66. The van der Waals surface area contributed by atoms with Gasteiger partial charge in [0.05, 0.1) is 6.61 Å². The fourth-order valence-corrected chi connectivity index (χ4v) is 2.18. The Bertz CT molecular complexity index is 363. The van der Waals surface area contributed by atoms with Crippen LogP contribution in [-0.4, -0.2) is 12.4 Å². The second-order valence-electron chi connectivity index (χ2n) is 2.76. The molecule has 2 nitrogen and oxygen atoms in total. The molecule has 1 aromatic rings. The quantitative estimate of drug-likeness (QED) is 0.601. The molecule has 4 heteroatoms. The van der Waals surface area contributed by atoms with Crippen molar-refractivity contribution in [2.24, 2.45) is 0 Å². The van der Waals surface area contributed by atoms with Crippen LogP contribution >= 0.6 is 38.5 Å². The van der Waals surface area contributed by atoms with Gasteiger partial charge in [-0.3, -0.25) is 4.79 Å². The topological polar surface area (TPSA) is 26.3 Å². The molecule has 0 atom stereocenters. The highest BCUT2D eigenvalue weighted by atomic mass is 127. The molecule has 0 heterocycles. The number of hydrogen-bond donors (Lipinski definition) is 0. The van der Waals surface area contributed by atoms with E-state index in [2.05, 4.69) is 38.5 Å². The average Bonchev–Trinajstić information content (AvgIpc) is 2.11. The van der Waals surface area contributed by atoms with Crippen LogP contribution in [0, 0.1) is 3.57 Å². The lowest BCUT2D eigenvalue weighted by Gasteiger charge is -2.08. The molecule has 0 saturated carbocycles. The Morgan fingerprint density at radius 3 is 2.71 bits per heavy atom. The van der Waals surface area contributed by atoms with E-state index in [4.69, 9.17) is 4.74 Å². The van der Waals surface area contributed by atoms with E-state index in [9.17, 15) is 4.79 Å². The van der Waals surface area contributed by atoms with E-state index < -0.39 is 0 Å². The van der Waals surface area contributed by atoms with Crippen LogP contribution < -0.4 is 4.74 Å². The Kier molecular flexibility index (Phi) is 4.37. The van der Waals surface area contributed by atoms with Crippen molar-refractivity contribution in [3.63, 3.8) is 0 Å². The van der Waals surface area contributed by atoms with Gasteiger partial charge in [0.25, 0.3) is 0 Å². The fraction of sp³-hybridized carbons (Fsp3) is 0.300. The SMILES string of the molecule is CCOc1cc(I)c(Br)c(C(C)=O)c1. The molecule has 0 aromatic heterocycles. The molecule has 0 aliphatic heterocycles. The lowest BCUT2D eigenvalue weighted by molar-refractivity contribution is 0.101. The third kappa shape index (κ3) is 2.70. The van der Waals surface area contributed by atoms with Crippen LogP contribution in [0.1, 0.15) is 24.2 Å². The number of carbonyl (C=O) groups excluding carboxylic acids is 1. The second-order valence-corrected chi connectivity index (χ2v) is 4.71. The molecule has 1 aromatic carbocycles. The molecule has 0 spiro atoms. The third-order valence-electron chi connectivity index (χ3n) is 1.69. The lowest BCUT2D eigenvalue weighted by atomic mass is 10.1. The minimum absolute atomic E-state index is 0.0383. The minimum Gasteiger partial charge on any atom is -0.494 e. The van der Waals surface area contributed by atoms with Gasteiger partial charge >= 0.3 is 0 Å². The van der Waals surface area contributed by atoms with E-state index in [1.165, 1.54) is 0 Å². The Morgan fingerprint density at radius 1 is 1.57 bits per heavy atom. The summed E-state index contributed by atoms with van der Waals surface area (Å²) in [6.45, 7) is 4.07. The largest absolute Gasteiger partial charge is 0.494 e. The maximum Gasteiger partial charge on any atom is 0.161 e. The van der Waals surface area contributed by atoms with Gasteiger partial charge in [0, 0.05) is 13.6 Å². The zero-order chi connectivity index (χ0) is 10.7. The van der Waals surface area contributed by atoms with Gasteiger partial charge in [0.2, 0.25) is 0 Å². The summed E-state index contributed by atoms with van der Waals surface area (Å²) in [6, 6.07) is 3.67. The van der Waals surface area contributed by atoms with Gasteiger partial charge in [-0.15, -0.1) is 0 Å². The van der Waals surface area contributed by atoms with Crippen molar-refractivity contribution in [3.05, 3.63) is 25.7 Å².